The maximum atomic E-state index is 14.4. The summed E-state index contributed by atoms with van der Waals surface area (Å²) in [5, 5.41) is 6.49. The average molecular weight is 427 g/mol. The van der Waals surface area contributed by atoms with E-state index < -0.39 is 5.83 Å². The van der Waals surface area contributed by atoms with Crippen LogP contribution in [-0.4, -0.2) is 48.7 Å². The topological polar surface area (TPSA) is 56.7 Å². The number of halogens is 1. The molecule has 0 radical (unpaired) electrons. The van der Waals surface area contributed by atoms with Gasteiger partial charge in [-0.15, -0.1) is 0 Å². The van der Waals surface area contributed by atoms with Crippen molar-refractivity contribution in [3.8, 4) is 0 Å². The molecule has 31 heavy (non-hydrogen) atoms. The van der Waals surface area contributed by atoms with Gasteiger partial charge in [-0.05, 0) is 57.3 Å². The Bertz CT molecular complexity index is 834. The molecule has 1 amide bonds. The number of aliphatic imine (C=N–C) groups is 1. The number of amides is 1. The first-order valence-electron chi connectivity index (χ1n) is 10.8. The number of rotatable bonds is 10. The SMILES string of the molecule is C=CC(=O)N1CCC[C@@H](N/C(N=C(C)CCC(=C)/C=C\C2=C(C)CNC2)=C(\F)C=C)C1. The van der Waals surface area contributed by atoms with Crippen molar-refractivity contribution in [2.24, 2.45) is 4.99 Å². The van der Waals surface area contributed by atoms with Gasteiger partial charge in [-0.2, -0.15) is 0 Å². The van der Waals surface area contributed by atoms with E-state index in [1.54, 1.807) is 4.90 Å². The van der Waals surface area contributed by atoms with Crippen LogP contribution in [0.2, 0.25) is 0 Å². The zero-order chi connectivity index (χ0) is 22.8. The summed E-state index contributed by atoms with van der Waals surface area (Å²) in [6, 6.07) is -0.0654. The zero-order valence-corrected chi connectivity index (χ0v) is 18.8. The summed E-state index contributed by atoms with van der Waals surface area (Å²) < 4.78 is 14.4. The highest BCUT2D eigenvalue weighted by Gasteiger charge is 2.23. The highest BCUT2D eigenvalue weighted by Crippen LogP contribution is 2.17. The first-order valence-corrected chi connectivity index (χ1v) is 10.8. The van der Waals surface area contributed by atoms with Crippen molar-refractivity contribution in [1.29, 1.82) is 0 Å². The molecule has 5 nitrogen and oxygen atoms in total. The molecule has 1 fully saturated rings. The fourth-order valence-corrected chi connectivity index (χ4v) is 3.61. The number of nitrogens with one attached hydrogen (secondary N) is 2. The van der Waals surface area contributed by atoms with E-state index in [1.807, 2.05) is 13.0 Å². The summed E-state index contributed by atoms with van der Waals surface area (Å²) in [4.78, 5) is 18.1. The van der Waals surface area contributed by atoms with Crippen LogP contribution in [0, 0.1) is 0 Å². The Morgan fingerprint density at radius 1 is 1.32 bits per heavy atom. The van der Waals surface area contributed by atoms with Crippen LogP contribution in [0.1, 0.15) is 39.5 Å². The standard InChI is InChI=1S/C25H35FN4O/c1-6-23(26)25(29-22-9-8-14-30(17-22)24(31)7-2)28-20(5)12-10-18(3)11-13-21-16-27-15-19(21)4/h6-7,11,13,22,27,29H,1-3,8-10,12,14-17H2,4-5H3/b13-11-,25-23-,28-20?/t22-/m1/s1. The first kappa shape index (κ1) is 24.5. The van der Waals surface area contributed by atoms with E-state index in [2.05, 4.69) is 48.4 Å². The van der Waals surface area contributed by atoms with Crippen molar-refractivity contribution < 1.29 is 9.18 Å². The van der Waals surface area contributed by atoms with Crippen LogP contribution in [0.5, 0.6) is 0 Å². The van der Waals surface area contributed by atoms with Gasteiger partial charge < -0.3 is 15.5 Å². The van der Waals surface area contributed by atoms with Crippen molar-refractivity contribution in [2.45, 2.75) is 45.6 Å². The third-order valence-electron chi connectivity index (χ3n) is 5.54. The van der Waals surface area contributed by atoms with E-state index >= 15 is 0 Å². The van der Waals surface area contributed by atoms with Gasteiger partial charge in [-0.25, -0.2) is 9.38 Å². The summed E-state index contributed by atoms with van der Waals surface area (Å²) in [5.41, 5.74) is 4.49. The number of allylic oxidation sites excluding steroid dienone is 4. The molecule has 0 unspecified atom stereocenters. The summed E-state index contributed by atoms with van der Waals surface area (Å²) in [6.45, 7) is 18.2. The molecular weight excluding hydrogens is 391 g/mol. The highest BCUT2D eigenvalue weighted by molar-refractivity contribution is 5.87. The summed E-state index contributed by atoms with van der Waals surface area (Å²) in [7, 11) is 0. The van der Waals surface area contributed by atoms with E-state index in [1.165, 1.54) is 17.2 Å². The Hall–Kier alpha value is -2.73. The first-order chi connectivity index (χ1) is 14.8. The van der Waals surface area contributed by atoms with Gasteiger partial charge in [0.05, 0.1) is 0 Å². The number of carbonyl (C=O) groups excluding carboxylic acids is 1. The second kappa shape index (κ2) is 12.2. The number of hydrogen-bond donors (Lipinski definition) is 2. The molecule has 0 bridgehead atoms. The van der Waals surface area contributed by atoms with Gasteiger partial charge >= 0.3 is 0 Å². The Morgan fingerprint density at radius 3 is 2.74 bits per heavy atom. The normalized spacial score (nSPS) is 20.7. The number of piperidine rings is 1. The number of likely N-dealkylation sites (tertiary alicyclic amines) is 1. The molecule has 6 heteroatoms. The quantitative estimate of drug-likeness (QED) is 0.310. The monoisotopic (exact) mass is 426 g/mol. The van der Waals surface area contributed by atoms with Crippen molar-refractivity contribution in [1.82, 2.24) is 15.5 Å². The number of hydrogen-bond acceptors (Lipinski definition) is 4. The lowest BCUT2D eigenvalue weighted by molar-refractivity contribution is -0.127. The minimum absolute atomic E-state index is 0.0654. The minimum Gasteiger partial charge on any atom is -0.363 e. The second-order valence-electron chi connectivity index (χ2n) is 8.12. The molecule has 0 aromatic heterocycles. The van der Waals surface area contributed by atoms with Crippen LogP contribution < -0.4 is 10.6 Å². The van der Waals surface area contributed by atoms with E-state index in [-0.39, 0.29) is 17.8 Å². The maximum Gasteiger partial charge on any atom is 0.246 e. The molecule has 2 N–H and O–H groups in total. The zero-order valence-electron chi connectivity index (χ0n) is 18.8. The molecule has 168 valence electrons. The molecule has 1 saturated heterocycles. The van der Waals surface area contributed by atoms with Crippen molar-refractivity contribution in [3.63, 3.8) is 0 Å². The maximum absolute atomic E-state index is 14.4. The largest absolute Gasteiger partial charge is 0.363 e. The number of carbonyl (C=O) groups is 1. The Kier molecular flexibility index (Phi) is 9.66. The lowest BCUT2D eigenvalue weighted by Gasteiger charge is -2.33. The predicted octanol–water partition coefficient (Wildman–Crippen LogP) is 4.35. The average Bonchev–Trinajstić information content (AvgIpc) is 3.19. The lowest BCUT2D eigenvalue weighted by atomic mass is 10.1. The van der Waals surface area contributed by atoms with E-state index in [0.717, 1.165) is 49.7 Å². The van der Waals surface area contributed by atoms with Gasteiger partial charge in [0.1, 0.15) is 0 Å². The Labute approximate surface area is 185 Å². The summed E-state index contributed by atoms with van der Waals surface area (Å²) in [5.74, 6) is -0.433. The molecule has 1 atom stereocenters. The van der Waals surface area contributed by atoms with Gasteiger partial charge in [-0.3, -0.25) is 4.79 Å². The lowest BCUT2D eigenvalue weighted by Crippen LogP contribution is -2.47. The number of nitrogens with zero attached hydrogens (tertiary/aromatic N) is 2. The van der Waals surface area contributed by atoms with Crippen LogP contribution in [0.4, 0.5) is 4.39 Å². The van der Waals surface area contributed by atoms with E-state index in [4.69, 9.17) is 0 Å². The molecular formula is C25H35FN4O. The van der Waals surface area contributed by atoms with Crippen molar-refractivity contribution in [2.75, 3.05) is 26.2 Å². The smallest absolute Gasteiger partial charge is 0.246 e. The fourth-order valence-electron chi connectivity index (χ4n) is 3.61. The molecule has 2 aliphatic rings. The molecule has 2 heterocycles. The summed E-state index contributed by atoms with van der Waals surface area (Å²) >= 11 is 0. The van der Waals surface area contributed by atoms with Crippen LogP contribution in [0.3, 0.4) is 0 Å². The molecule has 0 aliphatic carbocycles. The molecule has 2 rings (SSSR count). The van der Waals surface area contributed by atoms with Gasteiger partial charge in [0.25, 0.3) is 0 Å². The minimum atomic E-state index is -0.499. The van der Waals surface area contributed by atoms with Gasteiger partial charge in [0.2, 0.25) is 5.91 Å². The molecule has 0 aromatic rings. The summed E-state index contributed by atoms with van der Waals surface area (Å²) in [6.07, 6.45) is 9.76. The molecule has 0 saturated carbocycles. The molecule has 0 aromatic carbocycles. The third kappa shape index (κ3) is 7.79. The van der Waals surface area contributed by atoms with E-state index in [0.29, 0.717) is 19.5 Å². The molecule has 0 spiro atoms. The highest BCUT2D eigenvalue weighted by atomic mass is 19.1. The van der Waals surface area contributed by atoms with Crippen LogP contribution in [0.15, 0.2) is 77.4 Å². The third-order valence-corrected chi connectivity index (χ3v) is 5.54. The Morgan fingerprint density at radius 2 is 2.10 bits per heavy atom. The fraction of sp³-hybridized carbons (Fsp3) is 0.440. The molecule has 2 aliphatic heterocycles. The van der Waals surface area contributed by atoms with Crippen LogP contribution in [0.25, 0.3) is 0 Å². The predicted molar refractivity (Wildman–Crippen MR) is 127 cm³/mol. The van der Waals surface area contributed by atoms with Gasteiger partial charge in [0.15, 0.2) is 11.6 Å². The van der Waals surface area contributed by atoms with Crippen LogP contribution >= 0.6 is 0 Å². The second-order valence-corrected chi connectivity index (χ2v) is 8.12. The van der Waals surface area contributed by atoms with Crippen LogP contribution in [-0.2, 0) is 4.79 Å². The Balaban J connectivity index is 1.96. The van der Waals surface area contributed by atoms with Gasteiger partial charge in [0, 0.05) is 37.9 Å². The van der Waals surface area contributed by atoms with Crippen molar-refractivity contribution >= 4 is 11.6 Å². The van der Waals surface area contributed by atoms with Gasteiger partial charge in [-0.1, -0.05) is 43.0 Å². The van der Waals surface area contributed by atoms with E-state index in [9.17, 15) is 9.18 Å². The van der Waals surface area contributed by atoms with Crippen molar-refractivity contribution in [3.05, 3.63) is 72.4 Å².